The average molecular weight is 581 g/mol. The van der Waals surface area contributed by atoms with Crippen molar-refractivity contribution in [3.05, 3.63) is 28.8 Å². The third-order valence-electron chi connectivity index (χ3n) is 6.16. The Morgan fingerprint density at radius 1 is 1.00 bits per heavy atom. The van der Waals surface area contributed by atoms with E-state index in [1.165, 1.54) is 18.2 Å². The van der Waals surface area contributed by atoms with E-state index in [2.05, 4.69) is 5.32 Å². The second kappa shape index (κ2) is 15.0. The van der Waals surface area contributed by atoms with Crippen molar-refractivity contribution >= 4 is 17.5 Å². The van der Waals surface area contributed by atoms with Crippen molar-refractivity contribution < 1.29 is 65.0 Å². The summed E-state index contributed by atoms with van der Waals surface area (Å²) < 4.78 is 21.7. The number of unbranched alkanes of at least 4 members (excludes halogenated alkanes) is 1. The summed E-state index contributed by atoms with van der Waals surface area (Å²) in [7, 11) is 0. The van der Waals surface area contributed by atoms with Crippen LogP contribution in [0.3, 0.4) is 0 Å². The van der Waals surface area contributed by atoms with Crippen LogP contribution in [0.5, 0.6) is 5.75 Å². The Labute approximate surface area is 228 Å². The SMILES string of the molecule is N#CCCCOc1ccc(C(=O)N[C@@H]2O[C@H](CO)[C@@H](O[C@H]3O[C@H](CO)[C@@H](O)[C@H](O)[C@H]3O)[C@H](O)[C@H]2O)cc1Cl.O. The molecule has 2 aliphatic heterocycles. The van der Waals surface area contributed by atoms with Crippen LogP contribution in [0, 0.1) is 11.3 Å². The third-order valence-corrected chi connectivity index (χ3v) is 6.46. The molecule has 0 spiro atoms. The zero-order chi connectivity index (χ0) is 28.0. The Kier molecular flexibility index (Phi) is 12.7. The Hall–Kier alpha value is -2.17. The first-order valence-electron chi connectivity index (χ1n) is 11.8. The lowest BCUT2D eigenvalue weighted by atomic mass is 9.96. The molecule has 39 heavy (non-hydrogen) atoms. The summed E-state index contributed by atoms with van der Waals surface area (Å²) in [6, 6.07) is 6.17. The van der Waals surface area contributed by atoms with Gasteiger partial charge in [0.25, 0.3) is 5.91 Å². The molecule has 1 aromatic rings. The second-order valence-electron chi connectivity index (χ2n) is 8.79. The van der Waals surface area contributed by atoms with Crippen molar-refractivity contribution in [1.29, 1.82) is 5.26 Å². The van der Waals surface area contributed by atoms with Crippen LogP contribution < -0.4 is 10.1 Å². The molecule has 2 aliphatic rings. The van der Waals surface area contributed by atoms with Gasteiger partial charge in [-0.3, -0.25) is 4.79 Å². The summed E-state index contributed by atoms with van der Waals surface area (Å²) in [4.78, 5) is 12.8. The molecular weight excluding hydrogens is 548 g/mol. The third kappa shape index (κ3) is 7.73. The molecular formula is C23H33ClN2O13. The number of ether oxygens (including phenoxy) is 4. The van der Waals surface area contributed by atoms with Crippen molar-refractivity contribution in [1.82, 2.24) is 5.32 Å². The molecule has 0 unspecified atom stereocenters. The van der Waals surface area contributed by atoms with Gasteiger partial charge in [-0.15, -0.1) is 0 Å². The van der Waals surface area contributed by atoms with Crippen LogP contribution in [0.25, 0.3) is 0 Å². The molecule has 15 nitrogen and oxygen atoms in total. The number of aliphatic hydroxyl groups excluding tert-OH is 7. The van der Waals surface area contributed by atoms with E-state index in [-0.39, 0.29) is 22.7 Å². The minimum Gasteiger partial charge on any atom is -0.492 e. The molecule has 2 heterocycles. The van der Waals surface area contributed by atoms with Crippen LogP contribution in [0.15, 0.2) is 18.2 Å². The zero-order valence-electron chi connectivity index (χ0n) is 20.5. The highest BCUT2D eigenvalue weighted by atomic mass is 35.5. The summed E-state index contributed by atoms with van der Waals surface area (Å²) in [6.45, 7) is -1.21. The fourth-order valence-corrected chi connectivity index (χ4v) is 4.25. The number of aliphatic hydroxyl groups is 7. The Morgan fingerprint density at radius 3 is 2.31 bits per heavy atom. The molecule has 2 fully saturated rings. The van der Waals surface area contributed by atoms with Crippen molar-refractivity contribution in [2.45, 2.75) is 74.2 Å². The van der Waals surface area contributed by atoms with E-state index in [1.54, 1.807) is 0 Å². The Bertz CT molecular complexity index is 978. The van der Waals surface area contributed by atoms with Gasteiger partial charge in [-0.1, -0.05) is 11.6 Å². The molecule has 1 amide bonds. The van der Waals surface area contributed by atoms with E-state index in [0.717, 1.165) is 0 Å². The van der Waals surface area contributed by atoms with Crippen LogP contribution in [0.2, 0.25) is 5.02 Å². The normalized spacial score (nSPS) is 34.4. The topological polar surface area (TPSA) is 263 Å². The summed E-state index contributed by atoms with van der Waals surface area (Å²) in [6.07, 6.45) is -15.2. The van der Waals surface area contributed by atoms with E-state index in [1.807, 2.05) is 6.07 Å². The first-order valence-corrected chi connectivity index (χ1v) is 12.2. The minimum absolute atomic E-state index is 0. The highest BCUT2D eigenvalue weighted by molar-refractivity contribution is 6.32. The summed E-state index contributed by atoms with van der Waals surface area (Å²) >= 11 is 6.17. The number of amides is 1. The molecule has 0 aromatic heterocycles. The number of carbonyl (C=O) groups excluding carboxylic acids is 1. The molecule has 2 saturated heterocycles. The maximum absolute atomic E-state index is 12.8. The number of hydrogen-bond donors (Lipinski definition) is 8. The first kappa shape index (κ1) is 33.0. The van der Waals surface area contributed by atoms with Crippen LogP contribution >= 0.6 is 11.6 Å². The van der Waals surface area contributed by atoms with Gasteiger partial charge in [0, 0.05) is 12.0 Å². The van der Waals surface area contributed by atoms with Crippen molar-refractivity contribution in [2.24, 2.45) is 0 Å². The molecule has 1 aromatic carbocycles. The smallest absolute Gasteiger partial charge is 0.253 e. The fourth-order valence-electron chi connectivity index (χ4n) is 4.01. The number of carbonyl (C=O) groups is 1. The molecule has 3 rings (SSSR count). The van der Waals surface area contributed by atoms with Gasteiger partial charge in [0.1, 0.15) is 54.6 Å². The number of nitrogens with zero attached hydrogens (tertiary/aromatic N) is 1. The lowest BCUT2D eigenvalue weighted by Gasteiger charge is -2.46. The predicted molar refractivity (Wildman–Crippen MR) is 129 cm³/mol. The Balaban J connectivity index is 0.00000533. The van der Waals surface area contributed by atoms with Gasteiger partial charge in [0.15, 0.2) is 12.5 Å². The van der Waals surface area contributed by atoms with E-state index >= 15 is 0 Å². The molecule has 0 bridgehead atoms. The van der Waals surface area contributed by atoms with Gasteiger partial charge in [0.05, 0.1) is 30.9 Å². The number of rotatable bonds is 10. The number of benzene rings is 1. The number of halogens is 1. The standard InChI is InChI=1S/C23H31ClN2O12.H2O/c24-11-7-10(3-4-12(11)35-6-2-1-5-25)21(34)26-22-18(32)17(31)20(14(9-28)36-22)38-23-19(33)16(30)15(29)13(8-27)37-23;/h3-4,7,13-20,22-23,27-33H,1-2,6,8-9H2,(H,26,34);1H2/t13-,14-,15-,16+,17-,18-,19-,20-,22-,23-;/m1./s1. The number of nitriles is 1. The molecule has 0 radical (unpaired) electrons. The van der Waals surface area contributed by atoms with E-state index in [9.17, 15) is 40.5 Å². The molecule has 10 N–H and O–H groups in total. The maximum atomic E-state index is 12.8. The monoisotopic (exact) mass is 580 g/mol. The quantitative estimate of drug-likeness (QED) is 0.125. The van der Waals surface area contributed by atoms with Crippen molar-refractivity contribution in [3.8, 4) is 11.8 Å². The van der Waals surface area contributed by atoms with Crippen molar-refractivity contribution in [2.75, 3.05) is 19.8 Å². The van der Waals surface area contributed by atoms with E-state index < -0.39 is 80.5 Å². The summed E-state index contributed by atoms with van der Waals surface area (Å²) in [5.41, 5.74) is 0.0740. The number of nitrogens with one attached hydrogen (secondary N) is 1. The van der Waals surface area contributed by atoms with Gasteiger partial charge in [-0.05, 0) is 24.6 Å². The van der Waals surface area contributed by atoms with Crippen molar-refractivity contribution in [3.63, 3.8) is 0 Å². The Morgan fingerprint density at radius 2 is 1.69 bits per heavy atom. The van der Waals surface area contributed by atoms with Crippen LogP contribution in [0.4, 0.5) is 0 Å². The zero-order valence-corrected chi connectivity index (χ0v) is 21.3. The minimum atomic E-state index is -1.79. The average Bonchev–Trinajstić information content (AvgIpc) is 2.91. The maximum Gasteiger partial charge on any atom is 0.253 e. The van der Waals surface area contributed by atoms with Gasteiger partial charge in [0.2, 0.25) is 0 Å². The summed E-state index contributed by atoms with van der Waals surface area (Å²) in [5, 5.41) is 81.5. The molecule has 16 heteroatoms. The largest absolute Gasteiger partial charge is 0.492 e. The van der Waals surface area contributed by atoms with Gasteiger partial charge in [-0.25, -0.2) is 0 Å². The molecule has 220 valence electrons. The van der Waals surface area contributed by atoms with Crippen LogP contribution in [-0.2, 0) is 14.2 Å². The van der Waals surface area contributed by atoms with Gasteiger partial charge in [-0.2, -0.15) is 5.26 Å². The lowest BCUT2D eigenvalue weighted by Crippen LogP contribution is -2.66. The first-order chi connectivity index (χ1) is 18.1. The van der Waals surface area contributed by atoms with E-state index in [4.69, 9.17) is 35.8 Å². The van der Waals surface area contributed by atoms with Gasteiger partial charge >= 0.3 is 0 Å². The lowest BCUT2D eigenvalue weighted by molar-refractivity contribution is -0.342. The van der Waals surface area contributed by atoms with Crippen LogP contribution in [0.1, 0.15) is 23.2 Å². The molecule has 0 saturated carbocycles. The van der Waals surface area contributed by atoms with Gasteiger partial charge < -0.3 is 65.5 Å². The van der Waals surface area contributed by atoms with E-state index in [0.29, 0.717) is 18.6 Å². The van der Waals surface area contributed by atoms with Crippen LogP contribution in [-0.4, -0.2) is 128 Å². The highest BCUT2D eigenvalue weighted by Gasteiger charge is 2.50. The molecule has 10 atom stereocenters. The second-order valence-corrected chi connectivity index (χ2v) is 9.19. The summed E-state index contributed by atoms with van der Waals surface area (Å²) in [5.74, 6) is -0.428. The molecule has 0 aliphatic carbocycles. The highest BCUT2D eigenvalue weighted by Crippen LogP contribution is 2.29. The predicted octanol–water partition coefficient (Wildman–Crippen LogP) is -3.45. The fraction of sp³-hybridized carbons (Fsp3) is 0.652. The number of hydrogen-bond acceptors (Lipinski definition) is 13.